The zero-order valence-corrected chi connectivity index (χ0v) is 35.1. The van der Waals surface area contributed by atoms with Gasteiger partial charge in [-0.3, -0.25) is 0 Å². The van der Waals surface area contributed by atoms with E-state index in [0.717, 1.165) is 0 Å². The molecule has 2 saturated carbocycles. The summed E-state index contributed by atoms with van der Waals surface area (Å²) < 4.78 is 0. The molecule has 58 heavy (non-hydrogen) atoms. The van der Waals surface area contributed by atoms with Crippen LogP contribution in [0.1, 0.15) is 80.4 Å². The fraction of sp³-hybridized carbons (Fsp3) is 0.236. The summed E-state index contributed by atoms with van der Waals surface area (Å²) in [5.74, 6) is 0.689. The fourth-order valence-electron chi connectivity index (χ4n) is 10.9. The summed E-state index contributed by atoms with van der Waals surface area (Å²) in [5, 5.41) is 3.09. The van der Waals surface area contributed by atoms with Gasteiger partial charge >= 0.3 is 0 Å². The van der Waals surface area contributed by atoms with Crippen LogP contribution in [0, 0.1) is 0 Å². The number of fused-ring (bicyclic) bond motifs is 3. The second-order valence-electron chi connectivity index (χ2n) is 17.5. The van der Waals surface area contributed by atoms with Crippen LogP contribution in [-0.4, -0.2) is 8.07 Å². The van der Waals surface area contributed by atoms with Crippen LogP contribution < -0.4 is 20.2 Å². The van der Waals surface area contributed by atoms with E-state index in [4.69, 9.17) is 0 Å². The van der Waals surface area contributed by atoms with Crippen LogP contribution in [0.3, 0.4) is 0 Å². The average Bonchev–Trinajstić information content (AvgIpc) is 3.88. The molecule has 2 aliphatic carbocycles. The predicted molar refractivity (Wildman–Crippen MR) is 250 cm³/mol. The van der Waals surface area contributed by atoms with Crippen LogP contribution in [0.15, 0.2) is 176 Å². The number of para-hydroxylation sites is 2. The number of nitrogens with zero attached hydrogens (tertiary/aromatic N) is 2. The second kappa shape index (κ2) is 15.3. The first-order chi connectivity index (χ1) is 28.5. The van der Waals surface area contributed by atoms with Crippen LogP contribution in [-0.2, 0) is 5.41 Å². The van der Waals surface area contributed by atoms with Crippen LogP contribution in [0.4, 0.5) is 34.1 Å². The summed E-state index contributed by atoms with van der Waals surface area (Å²) in [4.78, 5) is 4.94. The Morgan fingerprint density at radius 1 is 0.431 bits per heavy atom. The van der Waals surface area contributed by atoms with Crippen LogP contribution in [0.25, 0.3) is 11.1 Å². The molecule has 2 nitrogen and oxygen atoms in total. The van der Waals surface area contributed by atoms with Crippen molar-refractivity contribution in [3.63, 3.8) is 0 Å². The van der Waals surface area contributed by atoms with Crippen LogP contribution in [0.2, 0.25) is 13.1 Å². The van der Waals surface area contributed by atoms with E-state index in [-0.39, 0.29) is 5.41 Å². The zero-order chi connectivity index (χ0) is 39.1. The van der Waals surface area contributed by atoms with Gasteiger partial charge in [0.15, 0.2) is 0 Å². The normalized spacial score (nSPS) is 16.7. The molecule has 7 aromatic carbocycles. The average molecular weight is 771 g/mol. The molecule has 3 heteroatoms. The first kappa shape index (κ1) is 36.7. The molecule has 0 spiro atoms. The molecule has 0 amide bonds. The Labute approximate surface area is 346 Å². The Kier molecular flexibility index (Phi) is 9.66. The maximum absolute atomic E-state index is 2.58. The van der Waals surface area contributed by atoms with Gasteiger partial charge in [-0.1, -0.05) is 154 Å². The molecule has 0 atom stereocenters. The molecule has 0 N–H and O–H groups in total. The first-order valence-corrected chi connectivity index (χ1v) is 24.8. The van der Waals surface area contributed by atoms with Crippen molar-refractivity contribution in [3.05, 3.63) is 193 Å². The Bertz CT molecular complexity index is 2450. The van der Waals surface area contributed by atoms with Gasteiger partial charge in [-0.05, 0) is 137 Å². The smallest absolute Gasteiger partial charge is 0.116 e. The van der Waals surface area contributed by atoms with Gasteiger partial charge in [-0.25, -0.2) is 0 Å². The summed E-state index contributed by atoms with van der Waals surface area (Å²) in [5.41, 5.74) is 14.5. The largest absolute Gasteiger partial charge is 0.311 e. The third-order valence-corrected chi connectivity index (χ3v) is 17.4. The van der Waals surface area contributed by atoms with Crippen molar-refractivity contribution in [2.75, 3.05) is 9.80 Å². The minimum Gasteiger partial charge on any atom is -0.311 e. The maximum Gasteiger partial charge on any atom is 0.116 e. The van der Waals surface area contributed by atoms with E-state index in [1.165, 1.54) is 120 Å². The molecule has 0 radical (unpaired) electrons. The summed E-state index contributed by atoms with van der Waals surface area (Å²) in [6, 6.07) is 66.6. The van der Waals surface area contributed by atoms with E-state index in [2.05, 4.69) is 199 Å². The lowest BCUT2D eigenvalue weighted by Gasteiger charge is -2.34. The van der Waals surface area contributed by atoms with Gasteiger partial charge in [0, 0.05) is 39.5 Å². The number of anilines is 6. The number of rotatable bonds is 9. The second-order valence-corrected chi connectivity index (χ2v) is 21.8. The number of hydrogen-bond acceptors (Lipinski definition) is 2. The summed E-state index contributed by atoms with van der Waals surface area (Å²) in [7, 11) is -1.98. The number of benzene rings is 7. The zero-order valence-electron chi connectivity index (χ0n) is 34.1. The SMILES string of the molecule is C[Si]1(C)c2ccccc2-c2cccc(N(c3ccc(C4CCCCC4)cc3)c3ccc(C4(c5ccc(N(c6ccccc6)c6ccccc6)cc5)CCCC4)cc3)c21. The highest BCUT2D eigenvalue weighted by atomic mass is 28.3. The lowest BCUT2D eigenvalue weighted by molar-refractivity contribution is 0.443. The topological polar surface area (TPSA) is 6.48 Å². The van der Waals surface area contributed by atoms with Crippen molar-refractivity contribution in [1.29, 1.82) is 0 Å². The Morgan fingerprint density at radius 3 is 1.50 bits per heavy atom. The van der Waals surface area contributed by atoms with Crippen LogP contribution in [0.5, 0.6) is 0 Å². The summed E-state index contributed by atoms with van der Waals surface area (Å²) in [6.07, 6.45) is 11.6. The summed E-state index contributed by atoms with van der Waals surface area (Å²) >= 11 is 0. The Balaban J connectivity index is 1.03. The van der Waals surface area contributed by atoms with Gasteiger partial charge in [-0.15, -0.1) is 0 Å². The Hall–Kier alpha value is -5.64. The van der Waals surface area contributed by atoms with Crippen molar-refractivity contribution in [2.24, 2.45) is 0 Å². The van der Waals surface area contributed by atoms with Crippen molar-refractivity contribution in [2.45, 2.75) is 82.2 Å². The van der Waals surface area contributed by atoms with Crippen molar-refractivity contribution in [1.82, 2.24) is 0 Å². The number of hydrogen-bond donors (Lipinski definition) is 0. The monoisotopic (exact) mass is 770 g/mol. The van der Waals surface area contributed by atoms with E-state index in [9.17, 15) is 0 Å². The molecule has 0 aromatic heterocycles. The molecule has 7 aromatic rings. The lowest BCUT2D eigenvalue weighted by Crippen LogP contribution is -2.50. The molecule has 2 fully saturated rings. The van der Waals surface area contributed by atoms with Crippen molar-refractivity contribution >= 4 is 52.6 Å². The molecule has 10 rings (SSSR count). The van der Waals surface area contributed by atoms with Gasteiger partial charge < -0.3 is 9.80 Å². The molecular formula is C55H54N2Si. The quantitative estimate of drug-likeness (QED) is 0.135. The standard InChI is InChI=1S/C55H54N2Si/c1-58(2)53-26-13-12-23-50(53)51-24-16-25-52(54(51)58)57(48-33-27-42(28-34-48)41-17-6-3-7-18-41)49-37-31-44(32-38-49)55(39-14-15-40-55)43-29-35-47(36-30-43)56(45-19-8-4-9-20-45)46-21-10-5-11-22-46/h4-5,8-13,16,19-38,41H,3,6-7,14-15,17-18,39-40H2,1-2H3. The van der Waals surface area contributed by atoms with E-state index in [1.807, 2.05) is 0 Å². The highest BCUT2D eigenvalue weighted by Crippen LogP contribution is 2.49. The minimum absolute atomic E-state index is 0.00159. The molecule has 0 unspecified atom stereocenters. The van der Waals surface area contributed by atoms with Crippen molar-refractivity contribution in [3.8, 4) is 11.1 Å². The molecule has 288 valence electrons. The van der Waals surface area contributed by atoms with Gasteiger partial charge in [0.05, 0.1) is 0 Å². The van der Waals surface area contributed by atoms with Gasteiger partial charge in [0.1, 0.15) is 8.07 Å². The van der Waals surface area contributed by atoms with E-state index < -0.39 is 8.07 Å². The van der Waals surface area contributed by atoms with Gasteiger partial charge in [0.2, 0.25) is 0 Å². The third kappa shape index (κ3) is 6.41. The predicted octanol–water partition coefficient (Wildman–Crippen LogP) is 14.3. The highest BCUT2D eigenvalue weighted by molar-refractivity contribution is 7.04. The van der Waals surface area contributed by atoms with E-state index in [1.54, 1.807) is 10.4 Å². The Morgan fingerprint density at radius 2 is 0.914 bits per heavy atom. The maximum atomic E-state index is 2.58. The fourth-order valence-corrected chi connectivity index (χ4v) is 14.3. The lowest BCUT2D eigenvalue weighted by atomic mass is 9.73. The van der Waals surface area contributed by atoms with Gasteiger partial charge in [-0.2, -0.15) is 0 Å². The molecule has 0 saturated heterocycles. The van der Waals surface area contributed by atoms with E-state index in [0.29, 0.717) is 5.92 Å². The van der Waals surface area contributed by atoms with E-state index >= 15 is 0 Å². The molecule has 1 heterocycles. The molecular weight excluding hydrogens is 717 g/mol. The molecule has 1 aliphatic heterocycles. The first-order valence-electron chi connectivity index (χ1n) is 21.8. The third-order valence-electron chi connectivity index (χ3n) is 13.9. The summed E-state index contributed by atoms with van der Waals surface area (Å²) in [6.45, 7) is 5.09. The highest BCUT2D eigenvalue weighted by Gasteiger charge is 2.41. The van der Waals surface area contributed by atoms with Crippen molar-refractivity contribution < 1.29 is 0 Å². The minimum atomic E-state index is -1.98. The molecule has 0 bridgehead atoms. The van der Waals surface area contributed by atoms with Gasteiger partial charge in [0.25, 0.3) is 0 Å². The molecule has 3 aliphatic rings. The van der Waals surface area contributed by atoms with Crippen LogP contribution >= 0.6 is 0 Å².